The molecular formula is C16H13Br2F3. The maximum atomic E-state index is 13.5. The summed E-state index contributed by atoms with van der Waals surface area (Å²) in [6.45, 7) is 0. The van der Waals surface area contributed by atoms with Gasteiger partial charge in [-0.3, -0.25) is 0 Å². The van der Waals surface area contributed by atoms with Crippen molar-refractivity contribution in [3.8, 4) is 0 Å². The zero-order valence-corrected chi connectivity index (χ0v) is 14.2. The van der Waals surface area contributed by atoms with E-state index < -0.39 is 17.0 Å². The molecule has 0 atom stereocenters. The van der Waals surface area contributed by atoms with E-state index >= 15 is 0 Å². The van der Waals surface area contributed by atoms with Gasteiger partial charge in [0.1, 0.15) is 17.5 Å². The van der Waals surface area contributed by atoms with Crippen molar-refractivity contribution in [3.63, 3.8) is 0 Å². The lowest BCUT2D eigenvalue weighted by Gasteiger charge is -2.31. The summed E-state index contributed by atoms with van der Waals surface area (Å²) in [5, 5.41) is 1.07. The summed E-state index contributed by atoms with van der Waals surface area (Å²) in [6.07, 6.45) is 0.391. The number of benzene rings is 2. The Labute approximate surface area is 138 Å². The minimum absolute atomic E-state index is 0.329. The van der Waals surface area contributed by atoms with Gasteiger partial charge in [-0.15, -0.1) is 0 Å². The van der Waals surface area contributed by atoms with Gasteiger partial charge in [-0.2, -0.15) is 0 Å². The molecule has 0 bridgehead atoms. The molecule has 0 heterocycles. The van der Waals surface area contributed by atoms with Gasteiger partial charge in [0, 0.05) is 22.1 Å². The molecule has 0 unspecified atom stereocenters. The molecule has 2 aromatic rings. The van der Waals surface area contributed by atoms with Crippen LogP contribution in [0.4, 0.5) is 13.2 Å². The summed E-state index contributed by atoms with van der Waals surface area (Å²) in [5.74, 6) is -1.55. The van der Waals surface area contributed by atoms with Gasteiger partial charge in [0.15, 0.2) is 0 Å². The molecule has 0 spiro atoms. The highest BCUT2D eigenvalue weighted by Crippen LogP contribution is 2.33. The van der Waals surface area contributed by atoms with Crippen LogP contribution >= 0.6 is 31.9 Å². The highest BCUT2D eigenvalue weighted by molar-refractivity contribution is 9.09. The topological polar surface area (TPSA) is 0 Å². The van der Waals surface area contributed by atoms with E-state index in [1.807, 2.05) is 6.07 Å². The predicted molar refractivity (Wildman–Crippen MR) is 85.7 cm³/mol. The quantitative estimate of drug-likeness (QED) is 0.569. The van der Waals surface area contributed by atoms with Crippen molar-refractivity contribution in [3.05, 3.63) is 71.0 Å². The Bertz CT molecular complexity index is 604. The lowest BCUT2D eigenvalue weighted by atomic mass is 9.79. The van der Waals surface area contributed by atoms with E-state index in [0.29, 0.717) is 22.6 Å². The molecule has 0 fully saturated rings. The molecule has 0 amide bonds. The average molecular weight is 422 g/mol. The first-order valence-electron chi connectivity index (χ1n) is 6.32. The van der Waals surface area contributed by atoms with Gasteiger partial charge in [0.25, 0.3) is 0 Å². The monoisotopic (exact) mass is 420 g/mol. The van der Waals surface area contributed by atoms with Crippen LogP contribution in [0.3, 0.4) is 0 Å². The molecule has 0 aliphatic heterocycles. The zero-order valence-electron chi connectivity index (χ0n) is 11.1. The standard InChI is InChI=1S/C16H13Br2F3/c17-9-16(10-18,12-2-1-3-13(19)6-12)8-11-4-14(20)7-15(21)5-11/h1-7H,8-10H2. The van der Waals surface area contributed by atoms with E-state index in [4.69, 9.17) is 0 Å². The molecule has 0 N–H and O–H groups in total. The Hall–Kier alpha value is -0.810. The Morgan fingerprint density at radius 1 is 0.810 bits per heavy atom. The van der Waals surface area contributed by atoms with E-state index in [1.54, 1.807) is 6.07 Å². The Morgan fingerprint density at radius 2 is 1.43 bits per heavy atom. The van der Waals surface area contributed by atoms with Gasteiger partial charge >= 0.3 is 0 Å². The van der Waals surface area contributed by atoms with Gasteiger partial charge < -0.3 is 0 Å². The minimum atomic E-state index is -0.609. The molecular weight excluding hydrogens is 409 g/mol. The van der Waals surface area contributed by atoms with Crippen LogP contribution < -0.4 is 0 Å². The maximum absolute atomic E-state index is 13.5. The first-order valence-corrected chi connectivity index (χ1v) is 8.56. The van der Waals surface area contributed by atoms with Crippen LogP contribution in [0.5, 0.6) is 0 Å². The summed E-state index contributed by atoms with van der Waals surface area (Å²) < 4.78 is 40.2. The van der Waals surface area contributed by atoms with Gasteiger partial charge in [-0.1, -0.05) is 44.0 Å². The van der Waals surface area contributed by atoms with Crippen LogP contribution in [-0.4, -0.2) is 10.7 Å². The van der Waals surface area contributed by atoms with Gasteiger partial charge in [-0.25, -0.2) is 13.2 Å². The van der Waals surface area contributed by atoms with Crippen molar-refractivity contribution in [2.24, 2.45) is 0 Å². The summed E-state index contributed by atoms with van der Waals surface area (Å²) >= 11 is 6.90. The molecule has 0 saturated carbocycles. The Morgan fingerprint density at radius 3 is 1.95 bits per heavy atom. The lowest BCUT2D eigenvalue weighted by Crippen LogP contribution is -2.33. The normalized spacial score (nSPS) is 11.7. The number of rotatable bonds is 5. The summed E-state index contributed by atoms with van der Waals surface area (Å²) in [5.41, 5.74) is 0.832. The Balaban J connectivity index is 2.42. The van der Waals surface area contributed by atoms with Crippen LogP contribution in [0.15, 0.2) is 42.5 Å². The van der Waals surface area contributed by atoms with Crippen LogP contribution in [0.2, 0.25) is 0 Å². The van der Waals surface area contributed by atoms with Crippen LogP contribution in [0, 0.1) is 17.5 Å². The third-order valence-electron chi connectivity index (χ3n) is 3.41. The fraction of sp³-hybridized carbons (Fsp3) is 0.250. The van der Waals surface area contributed by atoms with Gasteiger partial charge in [-0.05, 0) is 41.8 Å². The van der Waals surface area contributed by atoms with E-state index in [-0.39, 0.29) is 5.82 Å². The van der Waals surface area contributed by atoms with Crippen molar-refractivity contribution < 1.29 is 13.2 Å². The molecule has 0 aliphatic carbocycles. The van der Waals surface area contributed by atoms with E-state index in [1.165, 1.54) is 24.3 Å². The summed E-state index contributed by atoms with van der Waals surface area (Å²) in [6, 6.07) is 9.75. The lowest BCUT2D eigenvalue weighted by molar-refractivity contribution is 0.530. The second-order valence-corrected chi connectivity index (χ2v) is 6.13. The molecule has 0 radical (unpaired) electrons. The molecule has 0 saturated heterocycles. The molecule has 112 valence electrons. The maximum Gasteiger partial charge on any atom is 0.126 e. The second-order valence-electron chi connectivity index (χ2n) is 5.01. The zero-order chi connectivity index (χ0) is 15.5. The number of halogens is 5. The Kier molecular flexibility index (Phi) is 5.49. The van der Waals surface area contributed by atoms with E-state index in [0.717, 1.165) is 11.6 Å². The van der Waals surface area contributed by atoms with Crippen molar-refractivity contribution in [2.75, 3.05) is 10.7 Å². The first kappa shape index (κ1) is 16.6. The molecule has 0 nitrogen and oxygen atoms in total. The number of hydrogen-bond acceptors (Lipinski definition) is 0. The largest absolute Gasteiger partial charge is 0.207 e. The third kappa shape index (κ3) is 3.89. The van der Waals surface area contributed by atoms with E-state index in [9.17, 15) is 13.2 Å². The highest BCUT2D eigenvalue weighted by Gasteiger charge is 2.31. The SMILES string of the molecule is Fc1cc(F)cc(CC(CBr)(CBr)c2cccc(F)c2)c1. The van der Waals surface area contributed by atoms with Crippen molar-refractivity contribution >= 4 is 31.9 Å². The molecule has 5 heteroatoms. The third-order valence-corrected chi connectivity index (χ3v) is 5.56. The highest BCUT2D eigenvalue weighted by atomic mass is 79.9. The fourth-order valence-electron chi connectivity index (χ4n) is 2.31. The molecule has 0 aromatic heterocycles. The van der Waals surface area contributed by atoms with Gasteiger partial charge in [0.2, 0.25) is 0 Å². The second kappa shape index (κ2) is 6.97. The molecule has 0 aliphatic rings. The van der Waals surface area contributed by atoms with Crippen molar-refractivity contribution in [2.45, 2.75) is 11.8 Å². The molecule has 21 heavy (non-hydrogen) atoms. The van der Waals surface area contributed by atoms with E-state index in [2.05, 4.69) is 31.9 Å². The van der Waals surface area contributed by atoms with Crippen LogP contribution in [0.25, 0.3) is 0 Å². The van der Waals surface area contributed by atoms with Gasteiger partial charge in [0.05, 0.1) is 0 Å². The minimum Gasteiger partial charge on any atom is -0.207 e. The average Bonchev–Trinajstić information content (AvgIpc) is 2.44. The first-order chi connectivity index (χ1) is 9.99. The van der Waals surface area contributed by atoms with Crippen LogP contribution in [0.1, 0.15) is 11.1 Å². The smallest absolute Gasteiger partial charge is 0.126 e. The summed E-state index contributed by atoms with van der Waals surface area (Å²) in [4.78, 5) is 0. The van der Waals surface area contributed by atoms with Crippen molar-refractivity contribution in [1.29, 1.82) is 0 Å². The molecule has 2 rings (SSSR count). The number of alkyl halides is 2. The summed E-state index contributed by atoms with van der Waals surface area (Å²) in [7, 11) is 0. The predicted octanol–water partition coefficient (Wildman–Crippen LogP) is 5.37. The number of hydrogen-bond donors (Lipinski definition) is 0. The molecule has 2 aromatic carbocycles. The van der Waals surface area contributed by atoms with Crippen molar-refractivity contribution in [1.82, 2.24) is 0 Å². The fourth-order valence-corrected chi connectivity index (χ4v) is 4.28. The van der Waals surface area contributed by atoms with Crippen LogP contribution in [-0.2, 0) is 11.8 Å².